The molecule has 0 aromatic heterocycles. The average Bonchev–Trinajstić information content (AvgIpc) is 2.95. The summed E-state index contributed by atoms with van der Waals surface area (Å²) in [5.41, 5.74) is 0. The summed E-state index contributed by atoms with van der Waals surface area (Å²) >= 11 is 1.78. The molecule has 3 aliphatic carbocycles. The van der Waals surface area contributed by atoms with Gasteiger partial charge in [0.15, 0.2) is 0 Å². The van der Waals surface area contributed by atoms with E-state index in [-0.39, 0.29) is 0 Å². The van der Waals surface area contributed by atoms with E-state index < -0.39 is 0 Å². The van der Waals surface area contributed by atoms with E-state index in [1.807, 2.05) is 0 Å². The number of hydrogen-bond acceptors (Lipinski definition) is 1. The van der Waals surface area contributed by atoms with Crippen molar-refractivity contribution in [2.75, 3.05) is 0 Å². The van der Waals surface area contributed by atoms with Gasteiger partial charge in [0.1, 0.15) is 0 Å². The van der Waals surface area contributed by atoms with E-state index in [0.29, 0.717) is 0 Å². The Balaban J connectivity index is 1.56. The van der Waals surface area contributed by atoms with Gasteiger partial charge in [-0.3, -0.25) is 0 Å². The molecule has 4 fully saturated rings. The summed E-state index contributed by atoms with van der Waals surface area (Å²) < 4.78 is 0. The SMILES string of the molecule is C[Se]C1CCC2C(C1)C1CC([Se]C)CCC1N2C1CCCCC1. The van der Waals surface area contributed by atoms with Crippen LogP contribution in [-0.2, 0) is 0 Å². The van der Waals surface area contributed by atoms with Crippen LogP contribution in [0.3, 0.4) is 0 Å². The van der Waals surface area contributed by atoms with Gasteiger partial charge >= 0.3 is 157 Å². The van der Waals surface area contributed by atoms with Crippen LogP contribution in [0.4, 0.5) is 0 Å². The third-order valence-corrected chi connectivity index (χ3v) is 12.2. The zero-order valence-corrected chi connectivity index (χ0v) is 18.5. The van der Waals surface area contributed by atoms with Crippen LogP contribution in [0.2, 0.25) is 21.3 Å². The molecule has 6 atom stereocenters. The summed E-state index contributed by atoms with van der Waals surface area (Å²) in [6, 6.07) is 2.96. The van der Waals surface area contributed by atoms with E-state index in [1.165, 1.54) is 32.1 Å². The fraction of sp³-hybridized carbons (Fsp3) is 1.00. The van der Waals surface area contributed by atoms with Crippen LogP contribution in [0, 0.1) is 11.8 Å². The Kier molecular flexibility index (Phi) is 5.84. The zero-order chi connectivity index (χ0) is 15.8. The minimum absolute atomic E-state index is 0.890. The first-order valence-corrected chi connectivity index (χ1v) is 15.5. The van der Waals surface area contributed by atoms with E-state index in [9.17, 15) is 0 Å². The van der Waals surface area contributed by atoms with E-state index in [1.54, 1.807) is 38.5 Å². The second kappa shape index (κ2) is 7.71. The van der Waals surface area contributed by atoms with Crippen molar-refractivity contribution >= 4 is 29.9 Å². The van der Waals surface area contributed by atoms with Crippen LogP contribution >= 0.6 is 0 Å². The molecule has 1 nitrogen and oxygen atoms in total. The van der Waals surface area contributed by atoms with Crippen molar-refractivity contribution in [3.8, 4) is 0 Å². The van der Waals surface area contributed by atoms with Gasteiger partial charge in [-0.05, 0) is 0 Å². The van der Waals surface area contributed by atoms with Crippen molar-refractivity contribution in [2.45, 2.75) is 110 Å². The molecule has 1 heterocycles. The maximum atomic E-state index is 3.17. The van der Waals surface area contributed by atoms with Gasteiger partial charge in [0.25, 0.3) is 0 Å². The van der Waals surface area contributed by atoms with Crippen LogP contribution < -0.4 is 0 Å². The van der Waals surface area contributed by atoms with Crippen molar-refractivity contribution in [1.29, 1.82) is 0 Å². The number of likely N-dealkylation sites (tertiary alicyclic amines) is 1. The molecule has 132 valence electrons. The first-order valence-electron chi connectivity index (χ1n) is 10.1. The van der Waals surface area contributed by atoms with E-state index in [0.717, 1.165) is 69.5 Å². The molecule has 3 heteroatoms. The first-order chi connectivity index (χ1) is 11.3. The standard InChI is InChI=1S/C20H35NSe2/c1-22-15-8-10-19-17(12-15)18-13-16(23-2)9-11-20(18)21(19)14-6-4-3-5-7-14/h14-20H,3-13H2,1-2H3. The molecule has 0 radical (unpaired) electrons. The number of nitrogens with zero attached hydrogens (tertiary/aromatic N) is 1. The molecule has 0 N–H and O–H groups in total. The van der Waals surface area contributed by atoms with Gasteiger partial charge in [-0.1, -0.05) is 0 Å². The van der Waals surface area contributed by atoms with Gasteiger partial charge in [-0.15, -0.1) is 0 Å². The van der Waals surface area contributed by atoms with Crippen LogP contribution in [-0.4, -0.2) is 52.9 Å². The van der Waals surface area contributed by atoms with Crippen molar-refractivity contribution < 1.29 is 0 Å². The summed E-state index contributed by atoms with van der Waals surface area (Å²) in [7, 11) is 0. The second-order valence-corrected chi connectivity index (χ2v) is 13.3. The van der Waals surface area contributed by atoms with Crippen molar-refractivity contribution in [1.82, 2.24) is 4.90 Å². The van der Waals surface area contributed by atoms with Crippen LogP contribution in [0.1, 0.15) is 70.6 Å². The third-order valence-electron chi connectivity index (χ3n) is 7.61. The Bertz CT molecular complexity index is 363. The topological polar surface area (TPSA) is 3.24 Å². The van der Waals surface area contributed by atoms with E-state index >= 15 is 0 Å². The Hall–Kier alpha value is 0.999. The number of rotatable bonds is 3. The molecule has 1 saturated heterocycles. The summed E-state index contributed by atoms with van der Waals surface area (Å²) in [4.78, 5) is 5.40. The van der Waals surface area contributed by atoms with Gasteiger partial charge in [0.2, 0.25) is 0 Å². The molecule has 0 aromatic rings. The number of hydrogen-bond donors (Lipinski definition) is 0. The Morgan fingerprint density at radius 2 is 1.17 bits per heavy atom. The quantitative estimate of drug-likeness (QED) is 0.547. The van der Waals surface area contributed by atoms with Gasteiger partial charge < -0.3 is 0 Å². The molecule has 6 unspecified atom stereocenters. The predicted molar refractivity (Wildman–Crippen MR) is 102 cm³/mol. The molecule has 4 aliphatic rings. The monoisotopic (exact) mass is 449 g/mol. The Morgan fingerprint density at radius 3 is 1.65 bits per heavy atom. The van der Waals surface area contributed by atoms with E-state index in [2.05, 4.69) is 16.5 Å². The maximum absolute atomic E-state index is 3.17. The van der Waals surface area contributed by atoms with Crippen LogP contribution in [0.15, 0.2) is 0 Å². The summed E-state index contributed by atoms with van der Waals surface area (Å²) in [6.07, 6.45) is 17.0. The molecule has 23 heavy (non-hydrogen) atoms. The van der Waals surface area contributed by atoms with Crippen molar-refractivity contribution in [3.63, 3.8) is 0 Å². The van der Waals surface area contributed by atoms with Gasteiger partial charge in [-0.2, -0.15) is 0 Å². The molecule has 3 saturated carbocycles. The second-order valence-electron chi connectivity index (χ2n) is 8.54. The fourth-order valence-electron chi connectivity index (χ4n) is 6.55. The summed E-state index contributed by atoms with van der Waals surface area (Å²) in [5, 5.41) is 0. The molecule has 0 spiro atoms. The van der Waals surface area contributed by atoms with E-state index in [4.69, 9.17) is 0 Å². The van der Waals surface area contributed by atoms with Crippen molar-refractivity contribution in [2.24, 2.45) is 11.8 Å². The molecule has 4 rings (SSSR count). The molecule has 1 aliphatic heterocycles. The summed E-state index contributed by atoms with van der Waals surface area (Å²) in [6.45, 7) is 0. The molecular weight excluding hydrogens is 412 g/mol. The van der Waals surface area contributed by atoms with Gasteiger partial charge in [0, 0.05) is 0 Å². The molecular formula is C20H35NSe2. The Morgan fingerprint density at radius 1 is 0.652 bits per heavy atom. The molecule has 0 bridgehead atoms. The van der Waals surface area contributed by atoms with Crippen molar-refractivity contribution in [3.05, 3.63) is 0 Å². The van der Waals surface area contributed by atoms with Crippen LogP contribution in [0.5, 0.6) is 0 Å². The molecule has 0 amide bonds. The van der Waals surface area contributed by atoms with Crippen LogP contribution in [0.25, 0.3) is 0 Å². The average molecular weight is 447 g/mol. The predicted octanol–water partition coefficient (Wildman–Crippen LogP) is 5.05. The van der Waals surface area contributed by atoms with Gasteiger partial charge in [-0.25, -0.2) is 0 Å². The first kappa shape index (κ1) is 17.4. The third kappa shape index (κ3) is 3.35. The normalized spacial score (nSPS) is 45.7. The number of fused-ring (bicyclic) bond motifs is 3. The molecule has 0 aromatic carbocycles. The fourth-order valence-corrected chi connectivity index (χ4v) is 9.85. The zero-order valence-electron chi connectivity index (χ0n) is 15.1. The minimum atomic E-state index is 0.890. The Labute approximate surface area is 156 Å². The summed E-state index contributed by atoms with van der Waals surface area (Å²) in [5.74, 6) is 7.19. The van der Waals surface area contributed by atoms with Gasteiger partial charge in [0.05, 0.1) is 0 Å².